The maximum absolute atomic E-state index is 13.4. The van der Waals surface area contributed by atoms with Gasteiger partial charge in [0.1, 0.15) is 5.82 Å². The van der Waals surface area contributed by atoms with Crippen LogP contribution in [0.3, 0.4) is 0 Å². The number of H-pyrrole nitrogens is 1. The minimum atomic E-state index is -0.135. The van der Waals surface area contributed by atoms with Crippen molar-refractivity contribution < 1.29 is 4.79 Å². The first-order valence-electron chi connectivity index (χ1n) is 9.86. The summed E-state index contributed by atoms with van der Waals surface area (Å²) in [4.78, 5) is 19.1. The van der Waals surface area contributed by atoms with Gasteiger partial charge in [0.15, 0.2) is 0 Å². The molecular formula is C23H23N5O. The largest absolute Gasteiger partial charge is 0.382 e. The lowest BCUT2D eigenvalue weighted by Gasteiger charge is -2.27. The summed E-state index contributed by atoms with van der Waals surface area (Å²) in [6.45, 7) is 4.39. The average molecular weight is 385 g/mol. The topological polar surface area (TPSA) is 79.9 Å². The van der Waals surface area contributed by atoms with Gasteiger partial charge in [-0.1, -0.05) is 36.4 Å². The first-order chi connectivity index (χ1) is 14.1. The fourth-order valence-electron chi connectivity index (χ4n) is 4.24. The van der Waals surface area contributed by atoms with Crippen molar-refractivity contribution in [1.29, 1.82) is 0 Å². The highest BCUT2D eigenvalue weighted by molar-refractivity contribution is 6.07. The monoisotopic (exact) mass is 385 g/mol. The van der Waals surface area contributed by atoms with Gasteiger partial charge in [0.25, 0.3) is 5.91 Å². The molecule has 0 bridgehead atoms. The Labute approximate surface area is 168 Å². The molecule has 6 heteroatoms. The molecule has 29 heavy (non-hydrogen) atoms. The van der Waals surface area contributed by atoms with Gasteiger partial charge in [0, 0.05) is 41.8 Å². The SMILES string of the molecule is Cc1cc2c(C(=O)n3nc(N)c4c3CN(Cc3ccccc3)CC4)cccc2[nH]1. The Morgan fingerprint density at radius 1 is 1.17 bits per heavy atom. The zero-order chi connectivity index (χ0) is 20.0. The van der Waals surface area contributed by atoms with Crippen LogP contribution >= 0.6 is 0 Å². The van der Waals surface area contributed by atoms with E-state index >= 15 is 0 Å². The van der Waals surface area contributed by atoms with Gasteiger partial charge in [-0.25, -0.2) is 0 Å². The summed E-state index contributed by atoms with van der Waals surface area (Å²) in [5, 5.41) is 5.34. The number of anilines is 1. The van der Waals surface area contributed by atoms with E-state index in [1.807, 2.05) is 37.3 Å². The van der Waals surface area contributed by atoms with Crippen molar-refractivity contribution in [3.05, 3.63) is 82.7 Å². The van der Waals surface area contributed by atoms with E-state index in [0.717, 1.165) is 47.4 Å². The molecule has 2 aromatic carbocycles. The Morgan fingerprint density at radius 2 is 2.00 bits per heavy atom. The third-order valence-corrected chi connectivity index (χ3v) is 5.64. The minimum absolute atomic E-state index is 0.135. The molecule has 0 spiro atoms. The van der Waals surface area contributed by atoms with E-state index in [2.05, 4.69) is 39.2 Å². The number of carbonyl (C=O) groups excluding carboxylic acids is 1. The summed E-state index contributed by atoms with van der Waals surface area (Å²) in [5.41, 5.74) is 12.0. The van der Waals surface area contributed by atoms with Crippen LogP contribution < -0.4 is 5.73 Å². The molecule has 0 unspecified atom stereocenters. The molecule has 0 atom stereocenters. The zero-order valence-electron chi connectivity index (χ0n) is 16.4. The molecule has 2 aromatic heterocycles. The fourth-order valence-corrected chi connectivity index (χ4v) is 4.24. The van der Waals surface area contributed by atoms with Gasteiger partial charge < -0.3 is 10.7 Å². The molecule has 0 radical (unpaired) electrons. The summed E-state index contributed by atoms with van der Waals surface area (Å²) >= 11 is 0. The van der Waals surface area contributed by atoms with Crippen LogP contribution in [0.2, 0.25) is 0 Å². The number of aryl methyl sites for hydroxylation is 1. The number of aromatic amines is 1. The van der Waals surface area contributed by atoms with Gasteiger partial charge in [-0.15, -0.1) is 5.10 Å². The Morgan fingerprint density at radius 3 is 2.83 bits per heavy atom. The van der Waals surface area contributed by atoms with E-state index in [4.69, 9.17) is 5.73 Å². The van der Waals surface area contributed by atoms with Crippen molar-refractivity contribution in [2.45, 2.75) is 26.4 Å². The third-order valence-electron chi connectivity index (χ3n) is 5.64. The number of nitrogen functional groups attached to an aromatic ring is 1. The van der Waals surface area contributed by atoms with Crippen LogP contribution in [-0.4, -0.2) is 32.1 Å². The Balaban J connectivity index is 1.50. The Hall–Kier alpha value is -3.38. The molecule has 0 fully saturated rings. The van der Waals surface area contributed by atoms with Crippen molar-refractivity contribution in [2.24, 2.45) is 0 Å². The van der Waals surface area contributed by atoms with Crippen LogP contribution in [0.25, 0.3) is 10.9 Å². The molecule has 6 nitrogen and oxygen atoms in total. The van der Waals surface area contributed by atoms with Crippen LogP contribution in [-0.2, 0) is 19.5 Å². The highest BCUT2D eigenvalue weighted by Gasteiger charge is 2.27. The van der Waals surface area contributed by atoms with E-state index in [1.165, 1.54) is 10.2 Å². The molecule has 0 saturated carbocycles. The first-order valence-corrected chi connectivity index (χ1v) is 9.86. The molecule has 3 heterocycles. The highest BCUT2D eigenvalue weighted by atomic mass is 16.2. The maximum Gasteiger partial charge on any atom is 0.279 e. The number of nitrogens with two attached hydrogens (primary N) is 1. The predicted octanol–water partition coefficient (Wildman–Crippen LogP) is 3.50. The first kappa shape index (κ1) is 17.7. The molecule has 1 aliphatic heterocycles. The smallest absolute Gasteiger partial charge is 0.279 e. The summed E-state index contributed by atoms with van der Waals surface area (Å²) in [6.07, 6.45) is 0.800. The molecule has 0 saturated heterocycles. The van der Waals surface area contributed by atoms with Crippen molar-refractivity contribution in [2.75, 3.05) is 12.3 Å². The third kappa shape index (κ3) is 3.11. The second kappa shape index (κ2) is 6.90. The normalized spacial score (nSPS) is 14.2. The second-order valence-corrected chi connectivity index (χ2v) is 7.69. The number of aromatic nitrogens is 3. The van der Waals surface area contributed by atoms with Crippen molar-refractivity contribution in [1.82, 2.24) is 19.7 Å². The van der Waals surface area contributed by atoms with Crippen molar-refractivity contribution >= 4 is 22.6 Å². The number of hydrogen-bond acceptors (Lipinski definition) is 4. The van der Waals surface area contributed by atoms with E-state index in [-0.39, 0.29) is 5.91 Å². The van der Waals surface area contributed by atoms with Crippen molar-refractivity contribution in [3.63, 3.8) is 0 Å². The lowest BCUT2D eigenvalue weighted by atomic mass is 10.0. The van der Waals surface area contributed by atoms with Gasteiger partial charge in [0.2, 0.25) is 0 Å². The van der Waals surface area contributed by atoms with E-state index < -0.39 is 0 Å². The lowest BCUT2D eigenvalue weighted by molar-refractivity contribution is 0.0937. The number of nitrogens with one attached hydrogen (secondary N) is 1. The van der Waals surface area contributed by atoms with Gasteiger partial charge >= 0.3 is 0 Å². The number of fused-ring (bicyclic) bond motifs is 2. The quantitative estimate of drug-likeness (QED) is 0.566. The standard InChI is InChI=1S/C23H23N5O/c1-15-12-19-17(8-5-9-20(19)25-15)23(29)28-21-14-27(11-10-18(21)22(24)26-28)13-16-6-3-2-4-7-16/h2-9,12,25H,10-11,13-14H2,1H3,(H2,24,26). The number of rotatable bonds is 3. The van der Waals surface area contributed by atoms with Crippen molar-refractivity contribution in [3.8, 4) is 0 Å². The van der Waals surface area contributed by atoms with E-state index in [0.29, 0.717) is 17.9 Å². The molecular weight excluding hydrogens is 362 g/mol. The predicted molar refractivity (Wildman–Crippen MR) is 114 cm³/mol. The molecule has 0 amide bonds. The summed E-state index contributed by atoms with van der Waals surface area (Å²) < 4.78 is 1.51. The zero-order valence-corrected chi connectivity index (χ0v) is 16.4. The molecule has 146 valence electrons. The molecule has 1 aliphatic rings. The average Bonchev–Trinajstić information content (AvgIpc) is 3.27. The lowest BCUT2D eigenvalue weighted by Crippen LogP contribution is -2.32. The maximum atomic E-state index is 13.4. The number of benzene rings is 2. The van der Waals surface area contributed by atoms with E-state index in [1.54, 1.807) is 0 Å². The molecule has 0 aliphatic carbocycles. The van der Waals surface area contributed by atoms with Crippen LogP contribution in [0.4, 0.5) is 5.82 Å². The van der Waals surface area contributed by atoms with Crippen LogP contribution in [0.5, 0.6) is 0 Å². The van der Waals surface area contributed by atoms with Gasteiger partial charge in [-0.05, 0) is 37.1 Å². The number of hydrogen-bond donors (Lipinski definition) is 2. The second-order valence-electron chi connectivity index (χ2n) is 7.69. The summed E-state index contributed by atoms with van der Waals surface area (Å²) in [5.74, 6) is 0.328. The van der Waals surface area contributed by atoms with Gasteiger partial charge in [0.05, 0.1) is 11.3 Å². The van der Waals surface area contributed by atoms with Gasteiger partial charge in [-0.2, -0.15) is 4.68 Å². The Kier molecular flexibility index (Phi) is 4.21. The molecule has 5 rings (SSSR count). The number of carbonyl (C=O) groups is 1. The Bertz CT molecular complexity index is 1200. The molecule has 4 aromatic rings. The minimum Gasteiger partial charge on any atom is -0.382 e. The summed E-state index contributed by atoms with van der Waals surface area (Å²) in [6, 6.07) is 18.1. The van der Waals surface area contributed by atoms with E-state index in [9.17, 15) is 4.79 Å². The number of nitrogens with zero attached hydrogens (tertiary/aromatic N) is 3. The van der Waals surface area contributed by atoms with Crippen LogP contribution in [0.1, 0.15) is 32.9 Å². The fraction of sp³-hybridized carbons (Fsp3) is 0.217. The van der Waals surface area contributed by atoms with Crippen LogP contribution in [0.15, 0.2) is 54.6 Å². The van der Waals surface area contributed by atoms with Crippen LogP contribution in [0, 0.1) is 6.92 Å². The van der Waals surface area contributed by atoms with Gasteiger partial charge in [-0.3, -0.25) is 9.69 Å². The molecule has 3 N–H and O–H groups in total. The summed E-state index contributed by atoms with van der Waals surface area (Å²) in [7, 11) is 0. The highest BCUT2D eigenvalue weighted by Crippen LogP contribution is 2.27.